The highest BCUT2D eigenvalue weighted by Gasteiger charge is 2.22. The minimum atomic E-state index is 0. The average molecular weight is 510 g/mol. The van der Waals surface area contributed by atoms with Crippen LogP contribution in [0.4, 0.5) is 0 Å². The van der Waals surface area contributed by atoms with Crippen LogP contribution in [-0.2, 0) is 11.3 Å². The topological polar surface area (TPSA) is 53.0 Å². The van der Waals surface area contributed by atoms with Crippen molar-refractivity contribution in [2.45, 2.75) is 52.3 Å². The summed E-state index contributed by atoms with van der Waals surface area (Å²) in [6.45, 7) is 10.7. The molecule has 0 spiro atoms. The van der Waals surface area contributed by atoms with Crippen LogP contribution in [-0.4, -0.2) is 67.6 Å². The standard InChI is InChI=1S/C19H35N5OS.HI/c1-14(2)24-9-7-8-16(11-24)10-21-19(20-4)23(5)12-17-13-26-18(22-17)15(3)25-6;/h13-16H,7-12H2,1-6H3,(H,20,21);1H. The summed E-state index contributed by atoms with van der Waals surface area (Å²) in [5.74, 6) is 1.62. The van der Waals surface area contributed by atoms with E-state index < -0.39 is 0 Å². The molecule has 0 bridgehead atoms. The first-order valence-corrected chi connectivity index (χ1v) is 10.5. The molecule has 0 aromatic carbocycles. The van der Waals surface area contributed by atoms with Crippen LogP contribution in [0.25, 0.3) is 0 Å². The molecular formula is C19H36IN5OS. The molecule has 2 rings (SSSR count). The highest BCUT2D eigenvalue weighted by molar-refractivity contribution is 14.0. The Balaban J connectivity index is 0.00000364. The third kappa shape index (κ3) is 7.47. The summed E-state index contributed by atoms with van der Waals surface area (Å²) in [4.78, 5) is 13.8. The number of piperidine rings is 1. The van der Waals surface area contributed by atoms with E-state index in [0.717, 1.165) is 29.8 Å². The number of aromatic nitrogens is 1. The van der Waals surface area contributed by atoms with Crippen molar-refractivity contribution in [1.82, 2.24) is 20.1 Å². The second kappa shape index (κ2) is 12.2. The molecule has 1 fully saturated rings. The zero-order valence-corrected chi connectivity index (χ0v) is 20.7. The fraction of sp³-hybridized carbons (Fsp3) is 0.789. The number of thiazole rings is 1. The molecule has 1 saturated heterocycles. The Morgan fingerprint density at radius 2 is 2.22 bits per heavy atom. The third-order valence-electron chi connectivity index (χ3n) is 5.07. The molecule has 2 atom stereocenters. The number of likely N-dealkylation sites (tertiary alicyclic amines) is 1. The van der Waals surface area contributed by atoms with E-state index in [1.165, 1.54) is 25.9 Å². The third-order valence-corrected chi connectivity index (χ3v) is 6.13. The van der Waals surface area contributed by atoms with Gasteiger partial charge in [-0.05, 0) is 46.1 Å². The van der Waals surface area contributed by atoms with E-state index in [-0.39, 0.29) is 30.1 Å². The van der Waals surface area contributed by atoms with E-state index in [1.807, 2.05) is 14.0 Å². The molecular weight excluding hydrogens is 473 g/mol. The Morgan fingerprint density at radius 3 is 2.85 bits per heavy atom. The molecule has 6 nitrogen and oxygen atoms in total. The van der Waals surface area contributed by atoms with E-state index in [2.05, 4.69) is 51.4 Å². The van der Waals surface area contributed by atoms with E-state index in [4.69, 9.17) is 4.74 Å². The number of ether oxygens (including phenoxy) is 1. The molecule has 0 amide bonds. The minimum Gasteiger partial charge on any atom is -0.375 e. The van der Waals surface area contributed by atoms with Crippen molar-refractivity contribution in [2.24, 2.45) is 10.9 Å². The van der Waals surface area contributed by atoms with E-state index in [9.17, 15) is 0 Å². The molecule has 1 aromatic rings. The molecule has 1 aliphatic heterocycles. The van der Waals surface area contributed by atoms with Crippen LogP contribution < -0.4 is 5.32 Å². The van der Waals surface area contributed by atoms with Gasteiger partial charge in [0.05, 0.1) is 12.2 Å². The second-order valence-corrected chi connectivity index (χ2v) is 8.33. The normalized spacial score (nSPS) is 19.7. The van der Waals surface area contributed by atoms with Crippen molar-refractivity contribution in [1.29, 1.82) is 0 Å². The van der Waals surface area contributed by atoms with Crippen molar-refractivity contribution >= 4 is 41.3 Å². The number of nitrogens with one attached hydrogen (secondary N) is 1. The average Bonchev–Trinajstić information content (AvgIpc) is 3.10. The lowest BCUT2D eigenvalue weighted by Crippen LogP contribution is -2.46. The summed E-state index contributed by atoms with van der Waals surface area (Å²) in [5, 5.41) is 6.69. The first-order chi connectivity index (χ1) is 12.4. The molecule has 8 heteroatoms. The van der Waals surface area contributed by atoms with Crippen LogP contribution in [0, 0.1) is 5.92 Å². The predicted molar refractivity (Wildman–Crippen MR) is 125 cm³/mol. The minimum absolute atomic E-state index is 0. The summed E-state index contributed by atoms with van der Waals surface area (Å²) in [7, 11) is 5.63. The smallest absolute Gasteiger partial charge is 0.193 e. The first kappa shape index (κ1) is 24.6. The van der Waals surface area contributed by atoms with Crippen molar-refractivity contribution in [3.8, 4) is 0 Å². The summed E-state index contributed by atoms with van der Waals surface area (Å²) >= 11 is 1.65. The lowest BCUT2D eigenvalue weighted by atomic mass is 9.97. The Bertz CT molecular complexity index is 580. The van der Waals surface area contributed by atoms with Crippen molar-refractivity contribution in [2.75, 3.05) is 40.8 Å². The lowest BCUT2D eigenvalue weighted by Gasteiger charge is -2.36. The number of halogens is 1. The van der Waals surface area contributed by atoms with E-state index in [1.54, 1.807) is 18.4 Å². The monoisotopic (exact) mass is 509 g/mol. The van der Waals surface area contributed by atoms with Crippen LogP contribution in [0.3, 0.4) is 0 Å². The maximum Gasteiger partial charge on any atom is 0.193 e. The van der Waals surface area contributed by atoms with Gasteiger partial charge < -0.3 is 19.9 Å². The summed E-state index contributed by atoms with van der Waals surface area (Å²) in [6, 6.07) is 0.633. The highest BCUT2D eigenvalue weighted by Crippen LogP contribution is 2.21. The van der Waals surface area contributed by atoms with Crippen LogP contribution in [0.5, 0.6) is 0 Å². The number of aliphatic imine (C=N–C) groups is 1. The molecule has 1 aliphatic rings. The Morgan fingerprint density at radius 1 is 1.48 bits per heavy atom. The molecule has 1 N–H and O–H groups in total. The number of hydrogen-bond donors (Lipinski definition) is 1. The summed E-state index contributed by atoms with van der Waals surface area (Å²) < 4.78 is 5.35. The summed E-state index contributed by atoms with van der Waals surface area (Å²) in [5.41, 5.74) is 1.06. The number of guanidine groups is 1. The van der Waals surface area contributed by atoms with Crippen molar-refractivity contribution in [3.63, 3.8) is 0 Å². The number of rotatable bonds is 7. The molecule has 2 unspecified atom stereocenters. The number of methoxy groups -OCH3 is 1. The summed E-state index contributed by atoms with van der Waals surface area (Å²) in [6.07, 6.45) is 2.63. The zero-order chi connectivity index (χ0) is 19.1. The van der Waals surface area contributed by atoms with Crippen LogP contribution >= 0.6 is 35.3 Å². The quantitative estimate of drug-likeness (QED) is 0.346. The Hall–Kier alpha value is -0.450. The molecule has 156 valence electrons. The van der Waals surface area contributed by atoms with Gasteiger partial charge in [0, 0.05) is 45.7 Å². The van der Waals surface area contributed by atoms with Crippen molar-refractivity contribution in [3.05, 3.63) is 16.1 Å². The zero-order valence-electron chi connectivity index (χ0n) is 17.6. The Kier molecular flexibility index (Phi) is 11.1. The van der Waals surface area contributed by atoms with E-state index in [0.29, 0.717) is 12.0 Å². The molecule has 2 heterocycles. The molecule has 27 heavy (non-hydrogen) atoms. The van der Waals surface area contributed by atoms with Gasteiger partial charge in [0.2, 0.25) is 0 Å². The maximum atomic E-state index is 5.35. The number of hydrogen-bond acceptors (Lipinski definition) is 5. The van der Waals surface area contributed by atoms with E-state index >= 15 is 0 Å². The van der Waals surface area contributed by atoms with Gasteiger partial charge in [-0.15, -0.1) is 35.3 Å². The molecule has 0 radical (unpaired) electrons. The van der Waals surface area contributed by atoms with Gasteiger partial charge >= 0.3 is 0 Å². The fourth-order valence-electron chi connectivity index (χ4n) is 3.35. The van der Waals surface area contributed by atoms with Gasteiger partial charge in [0.1, 0.15) is 11.1 Å². The molecule has 0 aliphatic carbocycles. The van der Waals surface area contributed by atoms with Gasteiger partial charge in [0.25, 0.3) is 0 Å². The highest BCUT2D eigenvalue weighted by atomic mass is 127. The van der Waals surface area contributed by atoms with Crippen LogP contribution in [0.1, 0.15) is 50.4 Å². The SMILES string of the molecule is CN=C(NCC1CCCN(C(C)C)C1)N(C)Cc1csc(C(C)OC)n1.I. The first-order valence-electron chi connectivity index (χ1n) is 9.57. The Labute approximate surface area is 185 Å². The van der Waals surface area contributed by atoms with Crippen LogP contribution in [0.15, 0.2) is 10.4 Å². The van der Waals surface area contributed by atoms with Gasteiger partial charge in [-0.3, -0.25) is 4.99 Å². The van der Waals surface area contributed by atoms with Crippen molar-refractivity contribution < 1.29 is 4.74 Å². The number of nitrogens with zero attached hydrogens (tertiary/aromatic N) is 4. The molecule has 1 aromatic heterocycles. The predicted octanol–water partition coefficient (Wildman–Crippen LogP) is 3.60. The lowest BCUT2D eigenvalue weighted by molar-refractivity contribution is 0.119. The van der Waals surface area contributed by atoms with Gasteiger partial charge in [-0.25, -0.2) is 4.98 Å². The second-order valence-electron chi connectivity index (χ2n) is 7.44. The van der Waals surface area contributed by atoms with Gasteiger partial charge in [-0.2, -0.15) is 0 Å². The van der Waals surface area contributed by atoms with Gasteiger partial charge in [-0.1, -0.05) is 0 Å². The molecule has 0 saturated carbocycles. The largest absolute Gasteiger partial charge is 0.375 e. The fourth-order valence-corrected chi connectivity index (χ4v) is 4.20. The van der Waals surface area contributed by atoms with Gasteiger partial charge in [0.15, 0.2) is 5.96 Å². The van der Waals surface area contributed by atoms with Crippen LogP contribution in [0.2, 0.25) is 0 Å². The maximum absolute atomic E-state index is 5.35.